The number of nitrogen functional groups attached to an aromatic ring is 1. The predicted molar refractivity (Wildman–Crippen MR) is 89.8 cm³/mol. The molecular formula is C17H24N4. The van der Waals surface area contributed by atoms with Crippen molar-refractivity contribution in [3.05, 3.63) is 30.1 Å². The lowest BCUT2D eigenvalue weighted by atomic mass is 10.1. The maximum Gasteiger partial charge on any atom is 0.0446 e. The van der Waals surface area contributed by atoms with Gasteiger partial charge in [0.2, 0.25) is 0 Å². The van der Waals surface area contributed by atoms with E-state index in [4.69, 9.17) is 5.73 Å². The molecule has 0 amide bonds. The highest BCUT2D eigenvalue weighted by Gasteiger charge is 2.21. The van der Waals surface area contributed by atoms with Gasteiger partial charge in [0.25, 0.3) is 0 Å². The molecule has 1 saturated heterocycles. The highest BCUT2D eigenvalue weighted by Crippen LogP contribution is 2.31. The van der Waals surface area contributed by atoms with Crippen molar-refractivity contribution in [2.24, 2.45) is 5.92 Å². The van der Waals surface area contributed by atoms with Gasteiger partial charge in [0.15, 0.2) is 0 Å². The molecule has 0 radical (unpaired) electrons. The summed E-state index contributed by atoms with van der Waals surface area (Å²) in [6, 6.07) is 6.26. The van der Waals surface area contributed by atoms with Gasteiger partial charge in [-0.15, -0.1) is 0 Å². The van der Waals surface area contributed by atoms with Gasteiger partial charge in [-0.25, -0.2) is 0 Å². The zero-order valence-electron chi connectivity index (χ0n) is 13.1. The van der Waals surface area contributed by atoms with Crippen LogP contribution in [-0.4, -0.2) is 43.6 Å². The van der Waals surface area contributed by atoms with E-state index < -0.39 is 0 Å². The minimum absolute atomic E-state index is 0.746. The molecule has 1 unspecified atom stereocenters. The first-order valence-electron chi connectivity index (χ1n) is 7.59. The van der Waals surface area contributed by atoms with Gasteiger partial charge in [0, 0.05) is 54.2 Å². The number of aromatic nitrogens is 1. The molecule has 4 nitrogen and oxygen atoms in total. The normalized spacial score (nSPS) is 19.3. The van der Waals surface area contributed by atoms with Gasteiger partial charge in [0.05, 0.1) is 0 Å². The Bertz CT molecular complexity index is 653. The second-order valence-electron chi connectivity index (χ2n) is 6.34. The van der Waals surface area contributed by atoms with Gasteiger partial charge in [0.1, 0.15) is 0 Å². The second-order valence-corrected chi connectivity index (χ2v) is 6.34. The number of hydrogen-bond acceptors (Lipinski definition) is 4. The van der Waals surface area contributed by atoms with Gasteiger partial charge in [-0.05, 0) is 51.1 Å². The standard InChI is InChI=1S/C17H24N4/c1-12-8-14-15(9-19-12)16(18)4-5-17(14)21(3)11-13-6-7-20(2)10-13/h4-5,8-9,13H,6-7,10-11,18H2,1-3H3. The molecule has 0 saturated carbocycles. The van der Waals surface area contributed by atoms with Crippen molar-refractivity contribution in [2.45, 2.75) is 13.3 Å². The number of fused-ring (bicyclic) bond motifs is 1. The van der Waals surface area contributed by atoms with Crippen molar-refractivity contribution < 1.29 is 0 Å². The Morgan fingerprint density at radius 1 is 1.38 bits per heavy atom. The van der Waals surface area contributed by atoms with Crippen LogP contribution in [0, 0.1) is 12.8 Å². The predicted octanol–water partition coefficient (Wildman–Crippen LogP) is 2.51. The van der Waals surface area contributed by atoms with Crippen LogP contribution in [0.2, 0.25) is 0 Å². The zero-order valence-corrected chi connectivity index (χ0v) is 13.1. The highest BCUT2D eigenvalue weighted by molar-refractivity contribution is 6.01. The Kier molecular flexibility index (Phi) is 3.72. The number of benzene rings is 1. The molecule has 4 heteroatoms. The number of aryl methyl sites for hydroxylation is 1. The van der Waals surface area contributed by atoms with E-state index in [1.165, 1.54) is 30.6 Å². The van der Waals surface area contributed by atoms with Crippen LogP contribution in [0.4, 0.5) is 11.4 Å². The topological polar surface area (TPSA) is 45.4 Å². The Morgan fingerprint density at radius 3 is 2.90 bits per heavy atom. The molecule has 1 aromatic heterocycles. The number of likely N-dealkylation sites (tertiary alicyclic amines) is 1. The fourth-order valence-electron chi connectivity index (χ4n) is 3.34. The minimum atomic E-state index is 0.746. The SMILES string of the molecule is Cc1cc2c(N(C)CC3CCN(C)C3)ccc(N)c2cn1. The van der Waals surface area contributed by atoms with Crippen molar-refractivity contribution >= 4 is 22.1 Å². The van der Waals surface area contributed by atoms with Gasteiger partial charge >= 0.3 is 0 Å². The van der Waals surface area contributed by atoms with Crippen LogP contribution in [0.25, 0.3) is 10.8 Å². The lowest BCUT2D eigenvalue weighted by Gasteiger charge is -2.25. The van der Waals surface area contributed by atoms with Crippen LogP contribution in [0.5, 0.6) is 0 Å². The molecule has 1 fully saturated rings. The number of anilines is 2. The summed E-state index contributed by atoms with van der Waals surface area (Å²) in [5.41, 5.74) is 9.17. The van der Waals surface area contributed by atoms with Gasteiger partial charge in [-0.2, -0.15) is 0 Å². The molecule has 2 aromatic rings. The summed E-state index contributed by atoms with van der Waals surface area (Å²) in [5, 5.41) is 2.25. The number of nitrogens with zero attached hydrogens (tertiary/aromatic N) is 3. The average Bonchev–Trinajstić information content (AvgIpc) is 2.84. The van der Waals surface area contributed by atoms with Gasteiger partial charge in [-0.3, -0.25) is 4.98 Å². The third-order valence-corrected chi connectivity index (χ3v) is 4.48. The van der Waals surface area contributed by atoms with Crippen LogP contribution < -0.4 is 10.6 Å². The molecule has 1 aliphatic heterocycles. The van der Waals surface area contributed by atoms with Crippen molar-refractivity contribution in [3.8, 4) is 0 Å². The smallest absolute Gasteiger partial charge is 0.0446 e. The Morgan fingerprint density at radius 2 is 2.19 bits per heavy atom. The molecule has 2 heterocycles. The fourth-order valence-corrected chi connectivity index (χ4v) is 3.34. The number of hydrogen-bond donors (Lipinski definition) is 1. The second kappa shape index (κ2) is 5.53. The molecule has 0 bridgehead atoms. The largest absolute Gasteiger partial charge is 0.398 e. The number of rotatable bonds is 3. The number of nitrogens with two attached hydrogens (primary N) is 1. The van der Waals surface area contributed by atoms with E-state index >= 15 is 0 Å². The molecule has 112 valence electrons. The number of pyridine rings is 1. The van der Waals surface area contributed by atoms with Gasteiger partial charge in [-0.1, -0.05) is 0 Å². The van der Waals surface area contributed by atoms with Crippen LogP contribution in [-0.2, 0) is 0 Å². The maximum atomic E-state index is 6.09. The molecule has 1 atom stereocenters. The molecule has 0 aliphatic carbocycles. The van der Waals surface area contributed by atoms with E-state index in [0.29, 0.717) is 0 Å². The van der Waals surface area contributed by atoms with Crippen LogP contribution in [0.15, 0.2) is 24.4 Å². The third kappa shape index (κ3) is 2.81. The van der Waals surface area contributed by atoms with Crippen molar-refractivity contribution in [1.82, 2.24) is 9.88 Å². The average molecular weight is 284 g/mol. The molecule has 1 aliphatic rings. The van der Waals surface area contributed by atoms with Crippen molar-refractivity contribution in [2.75, 3.05) is 44.4 Å². The van der Waals surface area contributed by atoms with E-state index in [9.17, 15) is 0 Å². The lowest BCUT2D eigenvalue weighted by molar-refractivity contribution is 0.396. The van der Waals surface area contributed by atoms with E-state index in [0.717, 1.165) is 29.2 Å². The Labute approximate surface area is 126 Å². The summed E-state index contributed by atoms with van der Waals surface area (Å²) < 4.78 is 0. The Balaban J connectivity index is 1.92. The van der Waals surface area contributed by atoms with E-state index in [2.05, 4.69) is 41.0 Å². The van der Waals surface area contributed by atoms with E-state index in [-0.39, 0.29) is 0 Å². The van der Waals surface area contributed by atoms with Crippen LogP contribution in [0.1, 0.15) is 12.1 Å². The van der Waals surface area contributed by atoms with Crippen LogP contribution >= 0.6 is 0 Å². The van der Waals surface area contributed by atoms with Crippen LogP contribution in [0.3, 0.4) is 0 Å². The van der Waals surface area contributed by atoms with E-state index in [1.54, 1.807) is 0 Å². The third-order valence-electron chi connectivity index (χ3n) is 4.48. The maximum absolute atomic E-state index is 6.09. The summed E-state index contributed by atoms with van der Waals surface area (Å²) in [7, 11) is 4.38. The first-order valence-corrected chi connectivity index (χ1v) is 7.59. The quantitative estimate of drug-likeness (QED) is 0.880. The molecule has 0 spiro atoms. The lowest BCUT2D eigenvalue weighted by Crippen LogP contribution is -2.27. The van der Waals surface area contributed by atoms with Gasteiger partial charge < -0.3 is 15.5 Å². The molecule has 1 aromatic carbocycles. The minimum Gasteiger partial charge on any atom is -0.398 e. The Hall–Kier alpha value is -1.81. The molecule has 2 N–H and O–H groups in total. The zero-order chi connectivity index (χ0) is 15.0. The summed E-state index contributed by atoms with van der Waals surface area (Å²) in [5.74, 6) is 0.746. The highest BCUT2D eigenvalue weighted by atomic mass is 15.2. The first kappa shape index (κ1) is 14.1. The summed E-state index contributed by atoms with van der Waals surface area (Å²) in [6.45, 7) is 5.52. The molecule has 3 rings (SSSR count). The molecule has 21 heavy (non-hydrogen) atoms. The van der Waals surface area contributed by atoms with Crippen molar-refractivity contribution in [3.63, 3.8) is 0 Å². The summed E-state index contributed by atoms with van der Waals surface area (Å²) in [4.78, 5) is 9.15. The fraction of sp³-hybridized carbons (Fsp3) is 0.471. The summed E-state index contributed by atoms with van der Waals surface area (Å²) in [6.07, 6.45) is 3.18. The summed E-state index contributed by atoms with van der Waals surface area (Å²) >= 11 is 0. The first-order chi connectivity index (χ1) is 10.0. The van der Waals surface area contributed by atoms with E-state index in [1.807, 2.05) is 19.2 Å². The monoisotopic (exact) mass is 284 g/mol. The van der Waals surface area contributed by atoms with Crippen molar-refractivity contribution in [1.29, 1.82) is 0 Å². The molecular weight excluding hydrogens is 260 g/mol.